The molecule has 2 aromatic carbocycles. The molecule has 3 aromatic rings. The fourth-order valence-electron chi connectivity index (χ4n) is 3.20. The number of nitrogens with one attached hydrogen (secondary N) is 1. The van der Waals surface area contributed by atoms with E-state index >= 15 is 0 Å². The van der Waals surface area contributed by atoms with Gasteiger partial charge in [-0.15, -0.1) is 0 Å². The minimum Gasteiger partial charge on any atom is -0.505 e. The van der Waals surface area contributed by atoms with Gasteiger partial charge in [-0.25, -0.2) is 0 Å². The number of aromatic hydroxyl groups is 1. The number of hydrogen-bond donors (Lipinski definition) is 2. The molecule has 0 saturated carbocycles. The van der Waals surface area contributed by atoms with Crippen molar-refractivity contribution in [3.63, 3.8) is 0 Å². The summed E-state index contributed by atoms with van der Waals surface area (Å²) >= 11 is 0. The lowest BCUT2D eigenvalue weighted by atomic mass is 9.95. The molecular weight excluding hydrogens is 340 g/mol. The summed E-state index contributed by atoms with van der Waals surface area (Å²) < 4.78 is 5.49. The smallest absolute Gasteiger partial charge is 0.221 e. The van der Waals surface area contributed by atoms with Gasteiger partial charge in [-0.1, -0.05) is 50.2 Å². The van der Waals surface area contributed by atoms with E-state index in [-0.39, 0.29) is 17.6 Å². The van der Waals surface area contributed by atoms with Gasteiger partial charge < -0.3 is 15.2 Å². The van der Waals surface area contributed by atoms with Gasteiger partial charge in [0.05, 0.1) is 13.2 Å². The number of carbonyl (C=O) groups is 1. The second-order valence-electron chi connectivity index (χ2n) is 6.92. The molecular formula is C22H24N2O3. The lowest BCUT2D eigenvalue weighted by Crippen LogP contribution is -2.30. The van der Waals surface area contributed by atoms with Gasteiger partial charge in [0.2, 0.25) is 5.91 Å². The van der Waals surface area contributed by atoms with E-state index in [1.807, 2.05) is 62.4 Å². The summed E-state index contributed by atoms with van der Waals surface area (Å²) in [6.45, 7) is 3.99. The van der Waals surface area contributed by atoms with Crippen molar-refractivity contribution < 1.29 is 14.6 Å². The number of hydrogen-bond acceptors (Lipinski definition) is 4. The van der Waals surface area contributed by atoms with Crippen LogP contribution in [0, 0.1) is 5.92 Å². The first-order valence-electron chi connectivity index (χ1n) is 9.00. The lowest BCUT2D eigenvalue weighted by molar-refractivity contribution is -0.122. The molecule has 0 aliphatic rings. The van der Waals surface area contributed by atoms with Crippen molar-refractivity contribution in [3.8, 4) is 11.5 Å². The molecule has 1 atom stereocenters. The molecule has 0 aliphatic carbocycles. The Morgan fingerprint density at radius 2 is 1.89 bits per heavy atom. The van der Waals surface area contributed by atoms with Crippen LogP contribution in [0.15, 0.2) is 54.7 Å². The summed E-state index contributed by atoms with van der Waals surface area (Å²) in [7, 11) is 1.59. The van der Waals surface area contributed by atoms with E-state index in [9.17, 15) is 9.90 Å². The van der Waals surface area contributed by atoms with Crippen LogP contribution in [-0.4, -0.2) is 23.1 Å². The third-order valence-corrected chi connectivity index (χ3v) is 4.44. The van der Waals surface area contributed by atoms with Crippen LogP contribution in [0.25, 0.3) is 10.9 Å². The molecule has 5 heteroatoms. The maximum atomic E-state index is 12.5. The highest BCUT2D eigenvalue weighted by Crippen LogP contribution is 2.37. The number of carbonyl (C=O) groups excluding carboxylic acids is 1. The third-order valence-electron chi connectivity index (χ3n) is 4.44. The monoisotopic (exact) mass is 364 g/mol. The molecule has 0 fully saturated rings. The molecule has 1 unspecified atom stereocenters. The van der Waals surface area contributed by atoms with Crippen LogP contribution >= 0.6 is 0 Å². The quantitative estimate of drug-likeness (QED) is 0.688. The van der Waals surface area contributed by atoms with Crippen LogP contribution in [0.2, 0.25) is 0 Å². The number of nitrogens with zero attached hydrogens (tertiary/aromatic N) is 1. The number of amides is 1. The normalized spacial score (nSPS) is 12.1. The number of phenolic OH excluding ortho intramolecular Hbond substituents is 1. The summed E-state index contributed by atoms with van der Waals surface area (Å²) in [4.78, 5) is 16.8. The van der Waals surface area contributed by atoms with Gasteiger partial charge in [0.25, 0.3) is 0 Å². The molecule has 140 valence electrons. The number of benzene rings is 2. The number of para-hydroxylation sites is 1. The highest BCUT2D eigenvalue weighted by atomic mass is 16.5. The average Bonchev–Trinajstić information content (AvgIpc) is 2.66. The van der Waals surface area contributed by atoms with Crippen molar-refractivity contribution in [1.82, 2.24) is 10.3 Å². The van der Waals surface area contributed by atoms with Gasteiger partial charge in [-0.2, -0.15) is 0 Å². The molecule has 2 N–H and O–H groups in total. The number of rotatable bonds is 6. The molecule has 1 heterocycles. The van der Waals surface area contributed by atoms with Crippen LogP contribution < -0.4 is 10.1 Å². The van der Waals surface area contributed by atoms with Crippen LogP contribution in [0.5, 0.6) is 11.5 Å². The first-order valence-corrected chi connectivity index (χ1v) is 9.00. The average molecular weight is 364 g/mol. The molecule has 3 rings (SSSR count). The molecule has 27 heavy (non-hydrogen) atoms. The minimum atomic E-state index is -0.543. The topological polar surface area (TPSA) is 71.5 Å². The van der Waals surface area contributed by atoms with Crippen molar-refractivity contribution in [2.24, 2.45) is 5.92 Å². The Morgan fingerprint density at radius 3 is 2.63 bits per heavy atom. The van der Waals surface area contributed by atoms with E-state index in [2.05, 4.69) is 10.3 Å². The predicted octanol–water partition coefficient (Wildman–Crippen LogP) is 4.20. The first kappa shape index (κ1) is 18.7. The van der Waals surface area contributed by atoms with Crippen LogP contribution in [0.1, 0.15) is 37.4 Å². The zero-order chi connectivity index (χ0) is 19.4. The minimum absolute atomic E-state index is 0.0638. The van der Waals surface area contributed by atoms with E-state index in [1.165, 1.54) is 0 Å². The van der Waals surface area contributed by atoms with E-state index in [0.29, 0.717) is 23.3 Å². The first-order chi connectivity index (χ1) is 13.0. The van der Waals surface area contributed by atoms with Gasteiger partial charge in [0.15, 0.2) is 0 Å². The summed E-state index contributed by atoms with van der Waals surface area (Å²) in [5.41, 5.74) is 1.87. The second kappa shape index (κ2) is 8.08. The van der Waals surface area contributed by atoms with Crippen LogP contribution in [0.4, 0.5) is 0 Å². The zero-order valence-electron chi connectivity index (χ0n) is 15.8. The number of phenols is 1. The Morgan fingerprint density at radius 1 is 1.11 bits per heavy atom. The van der Waals surface area contributed by atoms with Gasteiger partial charge in [-0.3, -0.25) is 9.78 Å². The van der Waals surface area contributed by atoms with Crippen molar-refractivity contribution >= 4 is 16.8 Å². The fraction of sp³-hybridized carbons (Fsp3) is 0.273. The molecule has 0 saturated heterocycles. The Labute approximate surface area is 159 Å². The molecule has 1 amide bonds. The molecule has 5 nitrogen and oxygen atoms in total. The molecule has 0 aliphatic heterocycles. The largest absolute Gasteiger partial charge is 0.505 e. The Balaban J connectivity index is 2.12. The van der Waals surface area contributed by atoms with Crippen molar-refractivity contribution in [2.45, 2.75) is 26.3 Å². The Kier molecular flexibility index (Phi) is 5.60. The molecule has 1 aromatic heterocycles. The fourth-order valence-corrected chi connectivity index (χ4v) is 3.20. The summed E-state index contributed by atoms with van der Waals surface area (Å²) in [6, 6.07) is 14.4. The maximum absolute atomic E-state index is 12.5. The Bertz CT molecular complexity index is 953. The van der Waals surface area contributed by atoms with Crippen LogP contribution in [-0.2, 0) is 4.79 Å². The van der Waals surface area contributed by atoms with Crippen LogP contribution in [0.3, 0.4) is 0 Å². The highest BCUT2D eigenvalue weighted by molar-refractivity contribution is 5.86. The molecule has 0 bridgehead atoms. The highest BCUT2D eigenvalue weighted by Gasteiger charge is 2.24. The van der Waals surface area contributed by atoms with Crippen molar-refractivity contribution in [1.29, 1.82) is 0 Å². The van der Waals surface area contributed by atoms with Gasteiger partial charge in [0, 0.05) is 29.1 Å². The number of fused-ring (bicyclic) bond motifs is 1. The number of pyridine rings is 1. The summed E-state index contributed by atoms with van der Waals surface area (Å²) in [6.07, 6.45) is 2.04. The standard InChI is InChI=1S/C22H24N2O3/c1-14(2)13-19(25)24-21(16-8-4-5-9-18(16)27-3)17-11-10-15-7-6-12-23-20(15)22(17)26/h4-12,14,21,26H,13H2,1-3H3,(H,24,25). The number of aromatic nitrogens is 1. The number of ether oxygens (including phenoxy) is 1. The van der Waals surface area contributed by atoms with Gasteiger partial charge >= 0.3 is 0 Å². The maximum Gasteiger partial charge on any atom is 0.221 e. The van der Waals surface area contributed by atoms with E-state index < -0.39 is 6.04 Å². The molecule has 0 spiro atoms. The van der Waals surface area contributed by atoms with Gasteiger partial charge in [0.1, 0.15) is 17.0 Å². The summed E-state index contributed by atoms with van der Waals surface area (Å²) in [5, 5.41) is 14.8. The van der Waals surface area contributed by atoms with Crippen molar-refractivity contribution in [2.75, 3.05) is 7.11 Å². The van der Waals surface area contributed by atoms with Crippen molar-refractivity contribution in [3.05, 3.63) is 65.9 Å². The molecule has 0 radical (unpaired) electrons. The Hall–Kier alpha value is -3.08. The lowest BCUT2D eigenvalue weighted by Gasteiger charge is -2.23. The van der Waals surface area contributed by atoms with E-state index in [0.717, 1.165) is 10.9 Å². The van der Waals surface area contributed by atoms with Gasteiger partial charge in [-0.05, 0) is 18.1 Å². The summed E-state index contributed by atoms with van der Waals surface area (Å²) in [5.74, 6) is 0.860. The second-order valence-corrected chi connectivity index (χ2v) is 6.92. The van der Waals surface area contributed by atoms with E-state index in [4.69, 9.17) is 4.74 Å². The SMILES string of the molecule is COc1ccccc1C(NC(=O)CC(C)C)c1ccc2cccnc2c1O. The van der Waals surface area contributed by atoms with E-state index in [1.54, 1.807) is 13.3 Å². The predicted molar refractivity (Wildman–Crippen MR) is 106 cm³/mol. The third kappa shape index (κ3) is 4.03. The number of methoxy groups -OCH3 is 1. The zero-order valence-corrected chi connectivity index (χ0v) is 15.8.